The van der Waals surface area contributed by atoms with E-state index in [1.54, 1.807) is 0 Å². The quantitative estimate of drug-likeness (QED) is 0.855. The summed E-state index contributed by atoms with van der Waals surface area (Å²) in [5.74, 6) is 0. The first-order valence-corrected chi connectivity index (χ1v) is 5.07. The molecule has 72 valence electrons. The van der Waals surface area contributed by atoms with Gasteiger partial charge in [0.2, 0.25) is 0 Å². The number of benzene rings is 1. The fraction of sp³-hybridized carbons (Fsp3) is 0.400. The van der Waals surface area contributed by atoms with Crippen LogP contribution >= 0.6 is 15.9 Å². The van der Waals surface area contributed by atoms with Gasteiger partial charge in [-0.1, -0.05) is 28.1 Å². The molecular weight excluding hydrogens is 230 g/mol. The van der Waals surface area contributed by atoms with Gasteiger partial charge in [-0.05, 0) is 30.5 Å². The van der Waals surface area contributed by atoms with Gasteiger partial charge in [-0.3, -0.25) is 0 Å². The van der Waals surface area contributed by atoms with Crippen molar-refractivity contribution in [3.63, 3.8) is 0 Å². The van der Waals surface area contributed by atoms with Crippen molar-refractivity contribution in [2.24, 2.45) is 5.73 Å². The van der Waals surface area contributed by atoms with Crippen LogP contribution in [0.15, 0.2) is 22.7 Å². The molecule has 0 aromatic heterocycles. The predicted molar refractivity (Wildman–Crippen MR) is 57.5 cm³/mol. The molecule has 0 saturated heterocycles. The molecule has 3 heteroatoms. The van der Waals surface area contributed by atoms with Crippen molar-refractivity contribution in [3.05, 3.63) is 33.8 Å². The second kappa shape index (κ2) is 4.74. The average molecular weight is 244 g/mol. The van der Waals surface area contributed by atoms with Gasteiger partial charge >= 0.3 is 0 Å². The van der Waals surface area contributed by atoms with Crippen LogP contribution < -0.4 is 5.73 Å². The molecule has 1 aromatic carbocycles. The van der Waals surface area contributed by atoms with Crippen LogP contribution in [0.25, 0.3) is 0 Å². The van der Waals surface area contributed by atoms with Crippen LogP contribution in [0.4, 0.5) is 0 Å². The van der Waals surface area contributed by atoms with E-state index in [2.05, 4.69) is 15.9 Å². The maximum Gasteiger partial charge on any atom is 0.0449 e. The molecule has 0 saturated carbocycles. The van der Waals surface area contributed by atoms with Gasteiger partial charge in [0.15, 0.2) is 0 Å². The van der Waals surface area contributed by atoms with Gasteiger partial charge in [0.25, 0.3) is 0 Å². The minimum Gasteiger partial charge on any atom is -0.396 e. The summed E-state index contributed by atoms with van der Waals surface area (Å²) in [7, 11) is 0. The fourth-order valence-corrected chi connectivity index (χ4v) is 2.01. The Morgan fingerprint density at radius 1 is 1.54 bits per heavy atom. The van der Waals surface area contributed by atoms with Crippen LogP contribution in [-0.2, 0) is 0 Å². The van der Waals surface area contributed by atoms with E-state index in [4.69, 9.17) is 10.8 Å². The van der Waals surface area contributed by atoms with Crippen molar-refractivity contribution in [3.8, 4) is 0 Å². The zero-order chi connectivity index (χ0) is 9.84. The number of aliphatic hydroxyl groups excluding tert-OH is 1. The molecule has 0 radical (unpaired) electrons. The van der Waals surface area contributed by atoms with E-state index in [-0.39, 0.29) is 12.6 Å². The smallest absolute Gasteiger partial charge is 0.0449 e. The molecule has 3 N–H and O–H groups in total. The third-order valence-corrected chi connectivity index (χ3v) is 2.68. The maximum atomic E-state index is 8.75. The van der Waals surface area contributed by atoms with Gasteiger partial charge in [0, 0.05) is 17.1 Å². The molecule has 0 bridgehead atoms. The van der Waals surface area contributed by atoms with Gasteiger partial charge < -0.3 is 10.8 Å². The molecule has 13 heavy (non-hydrogen) atoms. The van der Waals surface area contributed by atoms with Crippen LogP contribution in [-0.4, -0.2) is 11.7 Å². The monoisotopic (exact) mass is 243 g/mol. The third-order valence-electron chi connectivity index (χ3n) is 2.00. The van der Waals surface area contributed by atoms with Crippen molar-refractivity contribution in [2.45, 2.75) is 19.4 Å². The van der Waals surface area contributed by atoms with Gasteiger partial charge in [-0.25, -0.2) is 0 Å². The first-order valence-electron chi connectivity index (χ1n) is 4.27. The Morgan fingerprint density at radius 2 is 2.23 bits per heavy atom. The first-order chi connectivity index (χ1) is 6.15. The van der Waals surface area contributed by atoms with E-state index in [1.807, 2.05) is 25.1 Å². The highest BCUT2D eigenvalue weighted by Crippen LogP contribution is 2.24. The summed E-state index contributed by atoms with van der Waals surface area (Å²) >= 11 is 3.46. The summed E-state index contributed by atoms with van der Waals surface area (Å²) in [5.41, 5.74) is 8.12. The lowest BCUT2D eigenvalue weighted by Gasteiger charge is -2.12. The largest absolute Gasteiger partial charge is 0.396 e. The Bertz CT molecular complexity index is 288. The maximum absolute atomic E-state index is 8.75. The van der Waals surface area contributed by atoms with E-state index in [1.165, 1.54) is 5.56 Å². The lowest BCUT2D eigenvalue weighted by atomic mass is 10.0. The molecule has 0 aliphatic carbocycles. The van der Waals surface area contributed by atoms with Crippen molar-refractivity contribution in [1.82, 2.24) is 0 Å². The Morgan fingerprint density at radius 3 is 2.77 bits per heavy atom. The van der Waals surface area contributed by atoms with E-state index in [0.717, 1.165) is 10.0 Å². The Labute approximate surface area is 86.9 Å². The highest BCUT2D eigenvalue weighted by atomic mass is 79.9. The number of nitrogens with two attached hydrogens (primary N) is 1. The highest BCUT2D eigenvalue weighted by molar-refractivity contribution is 9.10. The summed E-state index contributed by atoms with van der Waals surface area (Å²) < 4.78 is 1.02. The van der Waals surface area contributed by atoms with Crippen LogP contribution in [0.3, 0.4) is 0 Å². The van der Waals surface area contributed by atoms with Crippen molar-refractivity contribution in [2.75, 3.05) is 6.61 Å². The van der Waals surface area contributed by atoms with Crippen molar-refractivity contribution >= 4 is 15.9 Å². The standard InChI is InChI=1S/C10H14BrNO/c1-7-2-3-8(9(11)6-7)10(12)4-5-13/h2-3,6,10,13H,4-5,12H2,1H3/t10-/m1/s1. The summed E-state index contributed by atoms with van der Waals surface area (Å²) in [4.78, 5) is 0. The molecule has 1 rings (SSSR count). The Kier molecular flexibility index (Phi) is 3.90. The molecule has 0 aliphatic heterocycles. The predicted octanol–water partition coefficient (Wildman–Crippen LogP) is 2.14. The molecule has 1 aromatic rings. The Hall–Kier alpha value is -0.380. The molecule has 0 heterocycles. The summed E-state index contributed by atoms with van der Waals surface area (Å²) in [6.07, 6.45) is 0.599. The SMILES string of the molecule is Cc1ccc([C@H](N)CCO)c(Br)c1. The van der Waals surface area contributed by atoms with Gasteiger partial charge in [-0.15, -0.1) is 0 Å². The van der Waals surface area contributed by atoms with Crippen LogP contribution in [0.2, 0.25) is 0 Å². The molecule has 0 aliphatic rings. The molecule has 0 amide bonds. The summed E-state index contributed by atoms with van der Waals surface area (Å²) in [5, 5.41) is 8.75. The second-order valence-corrected chi connectivity index (χ2v) is 4.00. The zero-order valence-electron chi connectivity index (χ0n) is 7.63. The highest BCUT2D eigenvalue weighted by Gasteiger charge is 2.08. The van der Waals surface area contributed by atoms with Gasteiger partial charge in [0.05, 0.1) is 0 Å². The lowest BCUT2D eigenvalue weighted by Crippen LogP contribution is -2.12. The summed E-state index contributed by atoms with van der Waals surface area (Å²) in [6, 6.07) is 5.98. The fourth-order valence-electron chi connectivity index (χ4n) is 1.23. The first kappa shape index (κ1) is 10.7. The topological polar surface area (TPSA) is 46.2 Å². The summed E-state index contributed by atoms with van der Waals surface area (Å²) in [6.45, 7) is 2.16. The molecule has 1 atom stereocenters. The second-order valence-electron chi connectivity index (χ2n) is 3.14. The lowest BCUT2D eigenvalue weighted by molar-refractivity contribution is 0.276. The normalized spacial score (nSPS) is 12.9. The number of rotatable bonds is 3. The van der Waals surface area contributed by atoms with Crippen LogP contribution in [0.5, 0.6) is 0 Å². The minimum atomic E-state index is -0.0834. The van der Waals surface area contributed by atoms with Crippen LogP contribution in [0, 0.1) is 6.92 Å². The number of aliphatic hydroxyl groups is 1. The van der Waals surface area contributed by atoms with Gasteiger partial charge in [-0.2, -0.15) is 0 Å². The van der Waals surface area contributed by atoms with Crippen LogP contribution in [0.1, 0.15) is 23.6 Å². The van der Waals surface area contributed by atoms with E-state index >= 15 is 0 Å². The minimum absolute atomic E-state index is 0.0834. The molecule has 0 spiro atoms. The van der Waals surface area contributed by atoms with Crippen molar-refractivity contribution in [1.29, 1.82) is 0 Å². The number of aryl methyl sites for hydroxylation is 1. The molecular formula is C10H14BrNO. The number of hydrogen-bond acceptors (Lipinski definition) is 2. The molecule has 2 nitrogen and oxygen atoms in total. The van der Waals surface area contributed by atoms with E-state index in [9.17, 15) is 0 Å². The molecule has 0 fully saturated rings. The van der Waals surface area contributed by atoms with E-state index in [0.29, 0.717) is 6.42 Å². The third kappa shape index (κ3) is 2.79. The van der Waals surface area contributed by atoms with E-state index < -0.39 is 0 Å². The number of hydrogen-bond donors (Lipinski definition) is 2. The van der Waals surface area contributed by atoms with Crippen molar-refractivity contribution < 1.29 is 5.11 Å². The average Bonchev–Trinajstić information content (AvgIpc) is 2.04. The number of halogens is 1. The molecule has 0 unspecified atom stereocenters. The Balaban J connectivity index is 2.88. The van der Waals surface area contributed by atoms with Gasteiger partial charge in [0.1, 0.15) is 0 Å². The zero-order valence-corrected chi connectivity index (χ0v) is 9.21.